The first kappa shape index (κ1) is 11.9. The van der Waals surface area contributed by atoms with Crippen molar-refractivity contribution in [1.82, 2.24) is 0 Å². The van der Waals surface area contributed by atoms with Crippen molar-refractivity contribution in [3.63, 3.8) is 0 Å². The third kappa shape index (κ3) is 2.26. The highest BCUT2D eigenvalue weighted by Crippen LogP contribution is 2.32. The molecule has 2 heteroatoms. The van der Waals surface area contributed by atoms with E-state index in [0.717, 1.165) is 18.4 Å². The first-order valence-electron chi connectivity index (χ1n) is 5.44. The van der Waals surface area contributed by atoms with E-state index in [4.69, 9.17) is 5.73 Å². The summed E-state index contributed by atoms with van der Waals surface area (Å²) in [4.78, 5) is 11.8. The van der Waals surface area contributed by atoms with Gasteiger partial charge in [-0.25, -0.2) is 0 Å². The number of Topliss-reactive ketones (excluding diaryl/α,β-unsaturated/α-hetero) is 1. The van der Waals surface area contributed by atoms with Crippen LogP contribution in [0, 0.1) is 0 Å². The Morgan fingerprint density at radius 3 is 2.33 bits per heavy atom. The van der Waals surface area contributed by atoms with Gasteiger partial charge in [0.15, 0.2) is 0 Å². The van der Waals surface area contributed by atoms with Crippen LogP contribution in [0.4, 0.5) is 0 Å². The molecule has 82 valence electrons. The topological polar surface area (TPSA) is 43.1 Å². The number of hydrogen-bond donors (Lipinski definition) is 1. The fourth-order valence-electron chi connectivity index (χ4n) is 2.16. The monoisotopic (exact) mass is 205 g/mol. The summed E-state index contributed by atoms with van der Waals surface area (Å²) < 4.78 is 0. The SMILES string of the molecule is CCC(CCN)(C(C)=O)c1ccccc1. The molecule has 2 N–H and O–H groups in total. The Kier molecular flexibility index (Phi) is 4.04. The minimum Gasteiger partial charge on any atom is -0.330 e. The van der Waals surface area contributed by atoms with Gasteiger partial charge in [0.25, 0.3) is 0 Å². The Morgan fingerprint density at radius 2 is 1.93 bits per heavy atom. The largest absolute Gasteiger partial charge is 0.330 e. The van der Waals surface area contributed by atoms with Crippen LogP contribution in [0.3, 0.4) is 0 Å². The van der Waals surface area contributed by atoms with E-state index in [1.54, 1.807) is 6.92 Å². The van der Waals surface area contributed by atoms with E-state index < -0.39 is 0 Å². The molecule has 0 aliphatic heterocycles. The van der Waals surface area contributed by atoms with E-state index >= 15 is 0 Å². The van der Waals surface area contributed by atoms with Crippen LogP contribution in [0.5, 0.6) is 0 Å². The number of benzene rings is 1. The van der Waals surface area contributed by atoms with Crippen molar-refractivity contribution in [1.29, 1.82) is 0 Å². The number of carbonyl (C=O) groups excluding carboxylic acids is 1. The molecular weight excluding hydrogens is 186 g/mol. The van der Waals surface area contributed by atoms with Crippen LogP contribution in [-0.4, -0.2) is 12.3 Å². The van der Waals surface area contributed by atoms with Crippen molar-refractivity contribution in [3.05, 3.63) is 35.9 Å². The molecule has 1 atom stereocenters. The lowest BCUT2D eigenvalue weighted by Gasteiger charge is -2.30. The second kappa shape index (κ2) is 5.08. The Balaban J connectivity index is 3.15. The fourth-order valence-corrected chi connectivity index (χ4v) is 2.16. The average Bonchev–Trinajstić information content (AvgIpc) is 2.26. The van der Waals surface area contributed by atoms with Crippen molar-refractivity contribution in [2.75, 3.05) is 6.54 Å². The zero-order valence-corrected chi connectivity index (χ0v) is 9.49. The maximum absolute atomic E-state index is 11.8. The molecular formula is C13H19NO. The van der Waals surface area contributed by atoms with Crippen molar-refractivity contribution < 1.29 is 4.79 Å². The summed E-state index contributed by atoms with van der Waals surface area (Å²) in [6.45, 7) is 4.25. The first-order chi connectivity index (χ1) is 7.17. The average molecular weight is 205 g/mol. The summed E-state index contributed by atoms with van der Waals surface area (Å²) in [7, 11) is 0. The van der Waals surface area contributed by atoms with E-state index in [0.29, 0.717) is 6.54 Å². The van der Waals surface area contributed by atoms with Crippen molar-refractivity contribution in [3.8, 4) is 0 Å². The molecule has 1 unspecified atom stereocenters. The van der Waals surface area contributed by atoms with Gasteiger partial charge in [0.2, 0.25) is 0 Å². The van der Waals surface area contributed by atoms with E-state index in [1.807, 2.05) is 37.3 Å². The van der Waals surface area contributed by atoms with Crippen molar-refractivity contribution >= 4 is 5.78 Å². The molecule has 1 aromatic rings. The summed E-state index contributed by atoms with van der Waals surface area (Å²) in [6.07, 6.45) is 1.53. The molecule has 15 heavy (non-hydrogen) atoms. The lowest BCUT2D eigenvalue weighted by atomic mass is 9.72. The standard InChI is InChI=1S/C13H19NO/c1-3-13(9-10-14,11(2)15)12-7-5-4-6-8-12/h4-8H,3,9-10,14H2,1-2H3. The van der Waals surface area contributed by atoms with Gasteiger partial charge in [-0.1, -0.05) is 37.3 Å². The molecule has 0 amide bonds. The zero-order chi connectivity index (χ0) is 11.3. The Hall–Kier alpha value is -1.15. The number of ketones is 1. The molecule has 0 saturated heterocycles. The number of rotatable bonds is 5. The number of carbonyl (C=O) groups is 1. The molecule has 0 radical (unpaired) electrons. The van der Waals surface area contributed by atoms with Crippen LogP contribution >= 0.6 is 0 Å². The summed E-state index contributed by atoms with van der Waals surface area (Å²) in [5, 5.41) is 0. The normalized spacial score (nSPS) is 14.6. The predicted octanol–water partition coefficient (Wildman–Crippen LogP) is 2.27. The molecule has 1 aromatic carbocycles. The molecule has 0 fully saturated rings. The fraction of sp³-hybridized carbons (Fsp3) is 0.462. The van der Waals surface area contributed by atoms with Crippen LogP contribution < -0.4 is 5.73 Å². The highest BCUT2D eigenvalue weighted by atomic mass is 16.1. The van der Waals surface area contributed by atoms with Gasteiger partial charge in [0.1, 0.15) is 5.78 Å². The van der Waals surface area contributed by atoms with Gasteiger partial charge >= 0.3 is 0 Å². The molecule has 0 bridgehead atoms. The van der Waals surface area contributed by atoms with Gasteiger partial charge in [-0.15, -0.1) is 0 Å². The maximum Gasteiger partial charge on any atom is 0.140 e. The van der Waals surface area contributed by atoms with E-state index in [9.17, 15) is 4.79 Å². The molecule has 0 aliphatic rings. The minimum absolute atomic E-state index is 0.210. The second-order valence-electron chi connectivity index (χ2n) is 3.90. The zero-order valence-electron chi connectivity index (χ0n) is 9.49. The van der Waals surface area contributed by atoms with E-state index in [1.165, 1.54) is 0 Å². The number of nitrogens with two attached hydrogens (primary N) is 1. The minimum atomic E-state index is -0.379. The lowest BCUT2D eigenvalue weighted by molar-refractivity contribution is -0.122. The van der Waals surface area contributed by atoms with Gasteiger partial charge in [-0.2, -0.15) is 0 Å². The predicted molar refractivity (Wildman–Crippen MR) is 62.8 cm³/mol. The third-order valence-electron chi connectivity index (χ3n) is 3.17. The summed E-state index contributed by atoms with van der Waals surface area (Å²) in [6, 6.07) is 9.94. The van der Waals surface area contributed by atoms with Crippen molar-refractivity contribution in [2.45, 2.75) is 32.1 Å². The molecule has 2 nitrogen and oxygen atoms in total. The summed E-state index contributed by atoms with van der Waals surface area (Å²) in [5.41, 5.74) is 6.32. The quantitative estimate of drug-likeness (QED) is 0.801. The second-order valence-corrected chi connectivity index (χ2v) is 3.90. The highest BCUT2D eigenvalue weighted by molar-refractivity contribution is 5.88. The third-order valence-corrected chi connectivity index (χ3v) is 3.17. The molecule has 0 heterocycles. The van der Waals surface area contributed by atoms with E-state index in [-0.39, 0.29) is 11.2 Å². The molecule has 1 rings (SSSR count). The number of hydrogen-bond acceptors (Lipinski definition) is 2. The van der Waals surface area contributed by atoms with Gasteiger partial charge in [-0.05, 0) is 31.9 Å². The molecule has 0 aliphatic carbocycles. The maximum atomic E-state index is 11.8. The molecule has 0 aromatic heterocycles. The van der Waals surface area contributed by atoms with Crippen LogP contribution in [0.25, 0.3) is 0 Å². The van der Waals surface area contributed by atoms with Gasteiger partial charge in [0, 0.05) is 0 Å². The van der Waals surface area contributed by atoms with Crippen LogP contribution in [0.1, 0.15) is 32.3 Å². The first-order valence-corrected chi connectivity index (χ1v) is 5.44. The van der Waals surface area contributed by atoms with Gasteiger partial charge in [-0.3, -0.25) is 4.79 Å². The van der Waals surface area contributed by atoms with Crippen molar-refractivity contribution in [2.24, 2.45) is 5.73 Å². The van der Waals surface area contributed by atoms with Gasteiger partial charge < -0.3 is 5.73 Å². The summed E-state index contributed by atoms with van der Waals surface area (Å²) >= 11 is 0. The summed E-state index contributed by atoms with van der Waals surface area (Å²) in [5.74, 6) is 0.210. The highest BCUT2D eigenvalue weighted by Gasteiger charge is 2.34. The Morgan fingerprint density at radius 1 is 1.33 bits per heavy atom. The van der Waals surface area contributed by atoms with E-state index in [2.05, 4.69) is 0 Å². The smallest absolute Gasteiger partial charge is 0.140 e. The Labute approximate surface area is 91.5 Å². The van der Waals surface area contributed by atoms with Gasteiger partial charge in [0.05, 0.1) is 5.41 Å². The van der Waals surface area contributed by atoms with Crippen LogP contribution in [-0.2, 0) is 10.2 Å². The molecule has 0 saturated carbocycles. The Bertz CT molecular complexity index is 321. The van der Waals surface area contributed by atoms with Crippen LogP contribution in [0.2, 0.25) is 0 Å². The van der Waals surface area contributed by atoms with Crippen LogP contribution in [0.15, 0.2) is 30.3 Å². The molecule has 0 spiro atoms. The lowest BCUT2D eigenvalue weighted by Crippen LogP contribution is -2.35.